The number of hydrogen-bond acceptors (Lipinski definition) is 7. The number of nitriles is 1. The quantitative estimate of drug-likeness (QED) is 0.643. The zero-order valence-electron chi connectivity index (χ0n) is 15.5. The second kappa shape index (κ2) is 8.04. The lowest BCUT2D eigenvalue weighted by atomic mass is 10.0. The summed E-state index contributed by atoms with van der Waals surface area (Å²) >= 11 is 0. The maximum absolute atomic E-state index is 13.8. The van der Waals surface area contributed by atoms with Crippen molar-refractivity contribution in [3.05, 3.63) is 53.6 Å². The van der Waals surface area contributed by atoms with Crippen LogP contribution in [0.4, 0.5) is 17.6 Å². The van der Waals surface area contributed by atoms with Crippen molar-refractivity contribution in [1.82, 2.24) is 9.29 Å². The van der Waals surface area contributed by atoms with E-state index in [2.05, 4.69) is 4.98 Å². The summed E-state index contributed by atoms with van der Waals surface area (Å²) in [5.41, 5.74) is -3.60. The van der Waals surface area contributed by atoms with Crippen LogP contribution < -0.4 is 4.74 Å². The Labute approximate surface area is 174 Å². The molecule has 0 aliphatic carbocycles. The lowest BCUT2D eigenvalue weighted by Gasteiger charge is -2.27. The molecule has 2 aromatic rings. The van der Waals surface area contributed by atoms with E-state index in [0.29, 0.717) is 12.3 Å². The molecule has 1 aromatic carbocycles. The van der Waals surface area contributed by atoms with E-state index in [1.807, 2.05) is 0 Å². The number of rotatable bonds is 5. The first-order valence-electron chi connectivity index (χ1n) is 8.63. The number of β-amino-alcohol motifs (C(OH)–C–C–N with tert-alkyl or cyclic N) is 1. The molecule has 0 spiro atoms. The summed E-state index contributed by atoms with van der Waals surface area (Å²) in [6.07, 6.45) is -5.54. The van der Waals surface area contributed by atoms with Gasteiger partial charge in [-0.1, -0.05) is 0 Å². The van der Waals surface area contributed by atoms with Crippen molar-refractivity contribution in [3.63, 3.8) is 0 Å². The third-order valence-electron chi connectivity index (χ3n) is 4.70. The third kappa shape index (κ3) is 4.47. The molecule has 31 heavy (non-hydrogen) atoms. The molecular weight excluding hydrogens is 446 g/mol. The van der Waals surface area contributed by atoms with Crippen molar-refractivity contribution in [1.29, 1.82) is 5.26 Å². The van der Waals surface area contributed by atoms with E-state index in [0.717, 1.165) is 22.5 Å². The van der Waals surface area contributed by atoms with E-state index in [4.69, 9.17) is 10.00 Å². The zero-order chi connectivity index (χ0) is 23.0. The molecule has 1 unspecified atom stereocenters. The van der Waals surface area contributed by atoms with Gasteiger partial charge in [0.05, 0.1) is 18.7 Å². The van der Waals surface area contributed by atoms with Crippen LogP contribution in [0.3, 0.4) is 0 Å². The van der Waals surface area contributed by atoms with Gasteiger partial charge >= 0.3 is 6.18 Å². The second-order valence-electron chi connectivity index (χ2n) is 6.80. The fraction of sp³-hybridized carbons (Fsp3) is 0.333. The number of benzene rings is 1. The highest BCUT2D eigenvalue weighted by Crippen LogP contribution is 2.32. The summed E-state index contributed by atoms with van der Waals surface area (Å²) in [4.78, 5) is 2.56. The predicted molar refractivity (Wildman–Crippen MR) is 95.6 cm³/mol. The fourth-order valence-corrected chi connectivity index (χ4v) is 4.43. The fourth-order valence-electron chi connectivity index (χ4n) is 2.98. The summed E-state index contributed by atoms with van der Waals surface area (Å²) < 4.78 is 83.5. The number of aromatic nitrogens is 1. The molecule has 1 aliphatic rings. The number of ether oxygens (including phenoxy) is 1. The van der Waals surface area contributed by atoms with Gasteiger partial charge in [0.25, 0.3) is 0 Å². The SMILES string of the molecule is N#Cc1ccc(O[C@H]2CN(S(=O)(=O)c3ccc(C(F)(F)F)nc3)CC2(O)CO)cc1F. The molecule has 2 N–H and O–H groups in total. The van der Waals surface area contributed by atoms with E-state index in [1.54, 1.807) is 6.07 Å². The molecule has 3 rings (SSSR count). The van der Waals surface area contributed by atoms with Crippen molar-refractivity contribution in [2.75, 3.05) is 19.7 Å². The lowest BCUT2D eigenvalue weighted by molar-refractivity contribution is -0.141. The van der Waals surface area contributed by atoms with Gasteiger partial charge in [0.2, 0.25) is 10.0 Å². The molecule has 8 nitrogen and oxygen atoms in total. The van der Waals surface area contributed by atoms with Gasteiger partial charge < -0.3 is 14.9 Å². The smallest absolute Gasteiger partial charge is 0.433 e. The molecule has 0 amide bonds. The number of pyridine rings is 1. The summed E-state index contributed by atoms with van der Waals surface area (Å²) in [5, 5.41) is 29.0. The Morgan fingerprint density at radius 3 is 2.55 bits per heavy atom. The van der Waals surface area contributed by atoms with Crippen LogP contribution in [0.5, 0.6) is 5.75 Å². The van der Waals surface area contributed by atoms with Crippen molar-refractivity contribution in [3.8, 4) is 11.8 Å². The monoisotopic (exact) mass is 461 g/mol. The highest BCUT2D eigenvalue weighted by atomic mass is 32.2. The highest BCUT2D eigenvalue weighted by Gasteiger charge is 2.51. The van der Waals surface area contributed by atoms with Crippen molar-refractivity contribution in [2.24, 2.45) is 0 Å². The van der Waals surface area contributed by atoms with E-state index in [9.17, 15) is 36.2 Å². The number of halogens is 4. The first-order valence-corrected chi connectivity index (χ1v) is 10.1. The van der Waals surface area contributed by atoms with E-state index >= 15 is 0 Å². The van der Waals surface area contributed by atoms with Gasteiger partial charge in [-0.25, -0.2) is 12.8 Å². The number of alkyl halides is 3. The number of sulfonamides is 1. The Balaban J connectivity index is 1.85. The second-order valence-corrected chi connectivity index (χ2v) is 8.73. The summed E-state index contributed by atoms with van der Waals surface area (Å²) in [6.45, 7) is -2.02. The Kier molecular flexibility index (Phi) is 5.94. The van der Waals surface area contributed by atoms with Gasteiger partial charge in [-0.3, -0.25) is 4.98 Å². The molecule has 13 heteroatoms. The molecule has 2 heterocycles. The minimum absolute atomic E-state index is 0.121. The number of aliphatic hydroxyl groups excluding tert-OH is 1. The van der Waals surface area contributed by atoms with Crippen LogP contribution >= 0.6 is 0 Å². The highest BCUT2D eigenvalue weighted by molar-refractivity contribution is 7.89. The van der Waals surface area contributed by atoms with Crippen LogP contribution in [0.25, 0.3) is 0 Å². The normalized spacial score (nSPS) is 22.3. The summed E-state index contributed by atoms with van der Waals surface area (Å²) in [5.74, 6) is -1.02. The maximum atomic E-state index is 13.8. The van der Waals surface area contributed by atoms with Gasteiger partial charge in [-0.05, 0) is 24.3 Å². The molecule has 1 fully saturated rings. The summed E-state index contributed by atoms with van der Waals surface area (Å²) in [7, 11) is -4.39. The molecule has 1 aliphatic heterocycles. The number of nitrogens with zero attached hydrogens (tertiary/aromatic N) is 3. The number of aliphatic hydroxyl groups is 2. The van der Waals surface area contributed by atoms with Crippen LogP contribution in [0, 0.1) is 17.1 Å². The Hall–Kier alpha value is -2.79. The largest absolute Gasteiger partial charge is 0.486 e. The first-order chi connectivity index (χ1) is 14.4. The van der Waals surface area contributed by atoms with E-state index < -0.39 is 64.0 Å². The Morgan fingerprint density at radius 2 is 2.03 bits per heavy atom. The van der Waals surface area contributed by atoms with Gasteiger partial charge in [0, 0.05) is 18.8 Å². The maximum Gasteiger partial charge on any atom is 0.433 e. The molecule has 1 saturated heterocycles. The van der Waals surface area contributed by atoms with Gasteiger partial charge in [0.1, 0.15) is 39.9 Å². The molecule has 1 aromatic heterocycles. The van der Waals surface area contributed by atoms with E-state index in [1.165, 1.54) is 6.07 Å². The minimum atomic E-state index is -4.75. The lowest BCUT2D eigenvalue weighted by Crippen LogP contribution is -2.48. The molecule has 0 saturated carbocycles. The van der Waals surface area contributed by atoms with Gasteiger partial charge in [-0.15, -0.1) is 0 Å². The molecular formula is C18H15F4N3O5S. The average molecular weight is 461 g/mol. The standard InChI is InChI=1S/C18H15F4N3O5S/c19-14-5-12(2-1-11(14)6-23)30-16-8-25(9-17(16,27)10-26)31(28,29)13-3-4-15(24-7-13)18(20,21)22/h1-5,7,16,26-27H,8-10H2/t16-,17?/m0/s1. The zero-order valence-corrected chi connectivity index (χ0v) is 16.4. The first kappa shape index (κ1) is 22.9. The average Bonchev–Trinajstić information content (AvgIpc) is 3.05. The van der Waals surface area contributed by atoms with Crippen molar-refractivity contribution in [2.45, 2.75) is 22.8 Å². The van der Waals surface area contributed by atoms with Crippen LogP contribution in [0.15, 0.2) is 41.4 Å². The third-order valence-corrected chi connectivity index (χ3v) is 6.49. The summed E-state index contributed by atoms with van der Waals surface area (Å²) in [6, 6.07) is 6.08. The Bertz CT molecular complexity index is 1120. The van der Waals surface area contributed by atoms with E-state index in [-0.39, 0.29) is 11.3 Å². The van der Waals surface area contributed by atoms with Crippen LogP contribution in [-0.2, 0) is 16.2 Å². The van der Waals surface area contributed by atoms with Crippen LogP contribution in [-0.4, -0.2) is 59.3 Å². The Morgan fingerprint density at radius 1 is 1.32 bits per heavy atom. The van der Waals surface area contributed by atoms with Crippen molar-refractivity contribution >= 4 is 10.0 Å². The van der Waals surface area contributed by atoms with Gasteiger partial charge in [-0.2, -0.15) is 22.7 Å². The molecule has 0 bridgehead atoms. The van der Waals surface area contributed by atoms with Crippen LogP contribution in [0.2, 0.25) is 0 Å². The molecule has 166 valence electrons. The van der Waals surface area contributed by atoms with Gasteiger partial charge in [0.15, 0.2) is 0 Å². The predicted octanol–water partition coefficient (Wildman–Crippen LogP) is 1.29. The van der Waals surface area contributed by atoms with Crippen molar-refractivity contribution < 1.29 is 40.9 Å². The molecule has 2 atom stereocenters. The van der Waals surface area contributed by atoms with Crippen LogP contribution in [0.1, 0.15) is 11.3 Å². The molecule has 0 radical (unpaired) electrons. The number of hydrogen-bond donors (Lipinski definition) is 2. The minimum Gasteiger partial charge on any atom is -0.486 e. The topological polar surface area (TPSA) is 124 Å².